The summed E-state index contributed by atoms with van der Waals surface area (Å²) in [6.45, 7) is 5.07. The van der Waals surface area contributed by atoms with Gasteiger partial charge in [-0.2, -0.15) is 0 Å². The lowest BCUT2D eigenvalue weighted by atomic mass is 9.93. The van der Waals surface area contributed by atoms with Crippen molar-refractivity contribution in [3.05, 3.63) is 57.2 Å². The zero-order valence-corrected chi connectivity index (χ0v) is 19.7. The molecule has 1 aromatic carbocycles. The molecule has 0 bridgehead atoms. The normalized spacial score (nSPS) is 22.4. The van der Waals surface area contributed by atoms with Crippen molar-refractivity contribution in [3.63, 3.8) is 0 Å². The lowest BCUT2D eigenvalue weighted by molar-refractivity contribution is -0.139. The van der Waals surface area contributed by atoms with Crippen molar-refractivity contribution in [2.75, 3.05) is 19.8 Å². The number of amidine groups is 1. The van der Waals surface area contributed by atoms with Gasteiger partial charge in [-0.05, 0) is 43.7 Å². The van der Waals surface area contributed by atoms with E-state index in [0.717, 1.165) is 30.7 Å². The number of amides is 1. The Hall–Kier alpha value is -2.29. The molecule has 2 unspecified atom stereocenters. The number of allylic oxidation sites excluding steroid dienone is 1. The van der Waals surface area contributed by atoms with Crippen molar-refractivity contribution < 1.29 is 19.1 Å². The predicted molar refractivity (Wildman–Crippen MR) is 125 cm³/mol. The summed E-state index contributed by atoms with van der Waals surface area (Å²) >= 11 is 7.99. The molecule has 1 amide bonds. The number of rotatable bonds is 7. The fraction of sp³-hybridized carbons (Fsp3) is 0.435. The average molecular weight is 476 g/mol. The van der Waals surface area contributed by atoms with Crippen LogP contribution >= 0.6 is 23.4 Å². The third-order valence-electron chi connectivity index (χ3n) is 5.59. The van der Waals surface area contributed by atoms with Crippen LogP contribution in [0.15, 0.2) is 51.6 Å². The minimum absolute atomic E-state index is 0.0786. The maximum absolute atomic E-state index is 12.9. The van der Waals surface area contributed by atoms with Gasteiger partial charge in [0, 0.05) is 23.9 Å². The molecule has 9 heteroatoms. The maximum atomic E-state index is 12.9. The van der Waals surface area contributed by atoms with E-state index in [9.17, 15) is 9.59 Å². The topological polar surface area (TPSA) is 80.2 Å². The van der Waals surface area contributed by atoms with Crippen LogP contribution in [0.25, 0.3) is 0 Å². The number of nitrogens with zero attached hydrogens (tertiary/aromatic N) is 2. The van der Waals surface area contributed by atoms with Gasteiger partial charge in [-0.3, -0.25) is 4.79 Å². The SMILES string of the molecule is CCOC(=O)C1=C(C)N=C2SC=C(CC(=O)NCC3CCCO3)N2C1c1ccccc1Cl. The Morgan fingerprint density at radius 2 is 2.19 bits per heavy atom. The van der Waals surface area contributed by atoms with E-state index >= 15 is 0 Å². The molecule has 0 saturated carbocycles. The fourth-order valence-corrected chi connectivity index (χ4v) is 5.29. The van der Waals surface area contributed by atoms with Crippen molar-refractivity contribution in [3.8, 4) is 0 Å². The Labute approximate surface area is 196 Å². The first-order chi connectivity index (χ1) is 15.5. The van der Waals surface area contributed by atoms with E-state index in [2.05, 4.69) is 10.3 Å². The van der Waals surface area contributed by atoms with Crippen LogP contribution in [0, 0.1) is 0 Å². The first-order valence-electron chi connectivity index (χ1n) is 10.7. The fourth-order valence-electron chi connectivity index (χ4n) is 4.09. The number of hydrogen-bond donors (Lipinski definition) is 1. The molecular formula is C23H26ClN3O4S. The first-order valence-corrected chi connectivity index (χ1v) is 12.0. The number of aliphatic imine (C=N–C) groups is 1. The van der Waals surface area contributed by atoms with Crippen molar-refractivity contribution in [2.24, 2.45) is 4.99 Å². The maximum Gasteiger partial charge on any atom is 0.338 e. The Morgan fingerprint density at radius 3 is 2.91 bits per heavy atom. The van der Waals surface area contributed by atoms with Gasteiger partial charge in [0.2, 0.25) is 5.91 Å². The molecule has 0 aliphatic carbocycles. The van der Waals surface area contributed by atoms with Crippen molar-refractivity contribution in [1.82, 2.24) is 10.2 Å². The lowest BCUT2D eigenvalue weighted by Gasteiger charge is -2.36. The Balaban J connectivity index is 1.61. The summed E-state index contributed by atoms with van der Waals surface area (Å²) in [6, 6.07) is 6.88. The molecule has 32 heavy (non-hydrogen) atoms. The second-order valence-corrected chi connectivity index (χ2v) is 8.99. The van der Waals surface area contributed by atoms with Crippen LogP contribution in [0.3, 0.4) is 0 Å². The van der Waals surface area contributed by atoms with Gasteiger partial charge in [-0.25, -0.2) is 9.79 Å². The van der Waals surface area contributed by atoms with Gasteiger partial charge >= 0.3 is 5.97 Å². The van der Waals surface area contributed by atoms with Gasteiger partial charge in [-0.1, -0.05) is 41.6 Å². The molecule has 3 aliphatic heterocycles. The van der Waals surface area contributed by atoms with Crippen LogP contribution in [0.4, 0.5) is 0 Å². The smallest absolute Gasteiger partial charge is 0.338 e. The van der Waals surface area contributed by atoms with E-state index < -0.39 is 12.0 Å². The quantitative estimate of drug-likeness (QED) is 0.596. The predicted octanol–water partition coefficient (Wildman–Crippen LogP) is 4.16. The zero-order valence-electron chi connectivity index (χ0n) is 18.1. The second-order valence-electron chi connectivity index (χ2n) is 7.75. The number of carbonyl (C=O) groups is 2. The minimum atomic E-state index is -0.525. The number of halogens is 1. The standard InChI is InChI=1S/C23H26ClN3O4S/c1-3-30-22(29)20-14(2)26-23-27(21(20)17-8-4-5-9-18(17)24)15(13-32-23)11-19(28)25-12-16-7-6-10-31-16/h4-5,8-9,13,16,21H,3,6-7,10-12H2,1-2H3,(H,25,28). The third-order valence-corrected chi connectivity index (χ3v) is 6.82. The van der Waals surface area contributed by atoms with E-state index in [1.165, 1.54) is 11.8 Å². The summed E-state index contributed by atoms with van der Waals surface area (Å²) < 4.78 is 10.9. The summed E-state index contributed by atoms with van der Waals surface area (Å²) in [7, 11) is 0. The molecule has 2 atom stereocenters. The van der Waals surface area contributed by atoms with Crippen molar-refractivity contribution in [2.45, 2.75) is 45.3 Å². The number of thioether (sulfide) groups is 1. The van der Waals surface area contributed by atoms with Crippen molar-refractivity contribution in [1.29, 1.82) is 0 Å². The second kappa shape index (κ2) is 10.1. The molecule has 3 heterocycles. The van der Waals surface area contributed by atoms with Crippen LogP contribution < -0.4 is 5.32 Å². The van der Waals surface area contributed by atoms with E-state index in [0.29, 0.717) is 28.0 Å². The number of fused-ring (bicyclic) bond motifs is 1. The van der Waals surface area contributed by atoms with Crippen LogP contribution in [-0.4, -0.2) is 47.8 Å². The molecule has 1 N–H and O–H groups in total. The summed E-state index contributed by atoms with van der Waals surface area (Å²) in [6.07, 6.45) is 2.23. The van der Waals surface area contributed by atoms with Crippen LogP contribution in [0.5, 0.6) is 0 Å². The van der Waals surface area contributed by atoms with Gasteiger partial charge < -0.3 is 19.7 Å². The van der Waals surface area contributed by atoms with Crippen LogP contribution in [0.2, 0.25) is 5.02 Å². The molecular weight excluding hydrogens is 450 g/mol. The highest BCUT2D eigenvalue weighted by atomic mass is 35.5. The lowest BCUT2D eigenvalue weighted by Crippen LogP contribution is -2.39. The molecule has 1 fully saturated rings. The van der Waals surface area contributed by atoms with E-state index in [1.807, 2.05) is 28.5 Å². The van der Waals surface area contributed by atoms with Crippen LogP contribution in [0.1, 0.15) is 44.7 Å². The molecule has 0 aromatic heterocycles. The van der Waals surface area contributed by atoms with Gasteiger partial charge in [0.1, 0.15) is 0 Å². The number of esters is 1. The summed E-state index contributed by atoms with van der Waals surface area (Å²) in [5, 5.41) is 6.12. The molecule has 1 aromatic rings. The highest BCUT2D eigenvalue weighted by Crippen LogP contribution is 2.46. The first kappa shape index (κ1) is 22.9. The van der Waals surface area contributed by atoms with Gasteiger partial charge in [0.05, 0.1) is 36.4 Å². The van der Waals surface area contributed by atoms with E-state index in [1.54, 1.807) is 19.9 Å². The number of benzene rings is 1. The molecule has 1 saturated heterocycles. The van der Waals surface area contributed by atoms with Crippen LogP contribution in [-0.2, 0) is 19.1 Å². The minimum Gasteiger partial charge on any atom is -0.463 e. The number of carbonyl (C=O) groups excluding carboxylic acids is 2. The summed E-state index contributed by atoms with van der Waals surface area (Å²) in [5.74, 6) is -0.535. The Kier molecular flexibility index (Phi) is 7.23. The molecule has 4 rings (SSSR count). The summed E-state index contributed by atoms with van der Waals surface area (Å²) in [5.41, 5.74) is 2.54. The number of hydrogen-bond acceptors (Lipinski definition) is 7. The van der Waals surface area contributed by atoms with E-state index in [4.69, 9.17) is 21.1 Å². The average Bonchev–Trinajstić information content (AvgIpc) is 3.42. The zero-order chi connectivity index (χ0) is 22.7. The van der Waals surface area contributed by atoms with Gasteiger partial charge in [0.25, 0.3) is 0 Å². The molecule has 0 radical (unpaired) electrons. The molecule has 7 nitrogen and oxygen atoms in total. The third kappa shape index (κ3) is 4.72. The number of nitrogens with one attached hydrogen (secondary N) is 1. The largest absolute Gasteiger partial charge is 0.463 e. The van der Waals surface area contributed by atoms with E-state index in [-0.39, 0.29) is 25.0 Å². The number of ether oxygens (including phenoxy) is 2. The van der Waals surface area contributed by atoms with Gasteiger partial charge in [-0.15, -0.1) is 0 Å². The highest BCUT2D eigenvalue weighted by molar-refractivity contribution is 8.16. The monoisotopic (exact) mass is 475 g/mol. The molecule has 3 aliphatic rings. The molecule has 0 spiro atoms. The molecule has 170 valence electrons. The Morgan fingerprint density at radius 1 is 1.38 bits per heavy atom. The van der Waals surface area contributed by atoms with Crippen molar-refractivity contribution >= 4 is 40.4 Å². The Bertz CT molecular complexity index is 1000. The summed E-state index contributed by atoms with van der Waals surface area (Å²) in [4.78, 5) is 32.2. The highest BCUT2D eigenvalue weighted by Gasteiger charge is 2.41. The van der Waals surface area contributed by atoms with Gasteiger partial charge in [0.15, 0.2) is 5.17 Å².